The summed E-state index contributed by atoms with van der Waals surface area (Å²) in [7, 11) is 0. The van der Waals surface area contributed by atoms with Crippen LogP contribution in [0.15, 0.2) is 42.9 Å². The van der Waals surface area contributed by atoms with Gasteiger partial charge in [-0.1, -0.05) is 13.8 Å². The van der Waals surface area contributed by atoms with Gasteiger partial charge in [0.25, 0.3) is 0 Å². The topological polar surface area (TPSA) is 59.5 Å². The molecule has 0 aromatic carbocycles. The van der Waals surface area contributed by atoms with E-state index in [-0.39, 0.29) is 0 Å². The van der Waals surface area contributed by atoms with Crippen molar-refractivity contribution in [1.82, 2.24) is 19.3 Å². The number of fused-ring (bicyclic) bond motifs is 1. The van der Waals surface area contributed by atoms with E-state index in [1.165, 1.54) is 12.1 Å². The molecule has 5 heteroatoms. The molecule has 1 saturated heterocycles. The van der Waals surface area contributed by atoms with Crippen LogP contribution in [0.1, 0.15) is 26.0 Å². The first kappa shape index (κ1) is 16.1. The highest BCUT2D eigenvalue weighted by Gasteiger charge is 2.24. The Labute approximate surface area is 148 Å². The molecular weight excluding hydrogens is 310 g/mol. The maximum atomic E-state index is 6.05. The van der Waals surface area contributed by atoms with Gasteiger partial charge >= 0.3 is 0 Å². The number of nitrogens with zero attached hydrogens (tertiary/aromatic N) is 4. The fraction of sp³-hybridized carbons (Fsp3) is 0.400. The van der Waals surface area contributed by atoms with Crippen LogP contribution in [0.3, 0.4) is 0 Å². The number of hydrogen-bond acceptors (Lipinski definition) is 4. The van der Waals surface area contributed by atoms with E-state index in [1.807, 2.05) is 42.9 Å². The van der Waals surface area contributed by atoms with E-state index in [2.05, 4.69) is 28.1 Å². The number of piperidine rings is 1. The zero-order valence-electron chi connectivity index (χ0n) is 14.9. The molecular formula is C20H25N5. The molecule has 2 atom stereocenters. The average molecular weight is 335 g/mol. The maximum Gasteiger partial charge on any atom is 0.137 e. The lowest BCUT2D eigenvalue weighted by Crippen LogP contribution is -2.38. The molecule has 0 bridgehead atoms. The molecule has 5 nitrogen and oxygen atoms in total. The number of imidazole rings is 1. The van der Waals surface area contributed by atoms with Crippen LogP contribution in [0, 0.1) is 11.8 Å². The van der Waals surface area contributed by atoms with Gasteiger partial charge in [0.05, 0.1) is 11.4 Å². The second-order valence-corrected chi connectivity index (χ2v) is 7.47. The van der Waals surface area contributed by atoms with Gasteiger partial charge in [-0.25, -0.2) is 4.98 Å². The molecule has 1 aliphatic rings. The van der Waals surface area contributed by atoms with Gasteiger partial charge in [-0.05, 0) is 42.5 Å². The van der Waals surface area contributed by atoms with Crippen LogP contribution in [0.25, 0.3) is 16.9 Å². The van der Waals surface area contributed by atoms with Crippen LogP contribution >= 0.6 is 0 Å². The predicted octanol–water partition coefficient (Wildman–Crippen LogP) is 3.46. The number of anilines is 1. The van der Waals surface area contributed by atoms with Crippen LogP contribution in [0.5, 0.6) is 0 Å². The molecule has 130 valence electrons. The Bertz CT molecular complexity index is 860. The van der Waals surface area contributed by atoms with E-state index in [9.17, 15) is 0 Å². The molecule has 4 rings (SSSR count). The summed E-state index contributed by atoms with van der Waals surface area (Å²) in [5, 5.41) is 0. The Kier molecular flexibility index (Phi) is 4.17. The fourth-order valence-corrected chi connectivity index (χ4v) is 4.13. The molecule has 0 spiro atoms. The monoisotopic (exact) mass is 335 g/mol. The first-order valence-corrected chi connectivity index (χ1v) is 8.99. The number of nitrogens with two attached hydrogens (primary N) is 1. The van der Waals surface area contributed by atoms with Crippen LogP contribution < -0.4 is 5.73 Å². The lowest BCUT2D eigenvalue weighted by atomic mass is 9.92. The number of likely N-dealkylation sites (tertiary alicyclic amines) is 1. The van der Waals surface area contributed by atoms with Gasteiger partial charge in [-0.15, -0.1) is 0 Å². The molecule has 2 N–H and O–H groups in total. The molecule has 2 unspecified atom stereocenters. The predicted molar refractivity (Wildman–Crippen MR) is 101 cm³/mol. The minimum absolute atomic E-state index is 0.734. The van der Waals surface area contributed by atoms with Crippen molar-refractivity contribution in [3.63, 3.8) is 0 Å². The molecule has 3 aromatic heterocycles. The highest BCUT2D eigenvalue weighted by molar-refractivity contribution is 5.67. The van der Waals surface area contributed by atoms with E-state index < -0.39 is 0 Å². The molecule has 1 aliphatic heterocycles. The second kappa shape index (κ2) is 6.48. The van der Waals surface area contributed by atoms with Gasteiger partial charge < -0.3 is 10.1 Å². The van der Waals surface area contributed by atoms with Crippen molar-refractivity contribution in [3.8, 4) is 11.3 Å². The molecule has 25 heavy (non-hydrogen) atoms. The molecule has 0 radical (unpaired) electrons. The molecule has 1 fully saturated rings. The zero-order valence-corrected chi connectivity index (χ0v) is 14.9. The lowest BCUT2D eigenvalue weighted by Gasteiger charge is -2.35. The summed E-state index contributed by atoms with van der Waals surface area (Å²) >= 11 is 0. The number of pyridine rings is 2. The highest BCUT2D eigenvalue weighted by Crippen LogP contribution is 2.28. The minimum atomic E-state index is 0.734. The summed E-state index contributed by atoms with van der Waals surface area (Å²) in [4.78, 5) is 11.6. The fourth-order valence-electron chi connectivity index (χ4n) is 4.13. The lowest BCUT2D eigenvalue weighted by molar-refractivity contribution is 0.133. The van der Waals surface area contributed by atoms with Gasteiger partial charge in [0.2, 0.25) is 0 Å². The smallest absolute Gasteiger partial charge is 0.137 e. The molecule has 4 heterocycles. The SMILES string of the molecule is CC1CC(C)CN(Cc2c(-c3ccncc3)nc3ccc(N)cn23)C1. The summed E-state index contributed by atoms with van der Waals surface area (Å²) in [5.74, 6) is 1.47. The molecule has 3 aromatic rings. The number of hydrogen-bond donors (Lipinski definition) is 1. The van der Waals surface area contributed by atoms with Crippen molar-refractivity contribution in [2.75, 3.05) is 18.8 Å². The Hall–Kier alpha value is -2.40. The van der Waals surface area contributed by atoms with Crippen LogP contribution in [-0.2, 0) is 6.54 Å². The quantitative estimate of drug-likeness (QED) is 0.796. The summed E-state index contributed by atoms with van der Waals surface area (Å²) in [6.07, 6.45) is 6.94. The third kappa shape index (κ3) is 3.24. The van der Waals surface area contributed by atoms with Crippen molar-refractivity contribution >= 4 is 11.3 Å². The Morgan fingerprint density at radius 3 is 2.52 bits per heavy atom. The van der Waals surface area contributed by atoms with E-state index in [0.29, 0.717) is 0 Å². The highest BCUT2D eigenvalue weighted by atomic mass is 15.2. The number of aromatic nitrogens is 3. The average Bonchev–Trinajstić information content (AvgIpc) is 2.93. The molecule has 0 saturated carbocycles. The third-order valence-corrected chi connectivity index (χ3v) is 5.01. The summed E-state index contributed by atoms with van der Waals surface area (Å²) < 4.78 is 2.15. The van der Waals surface area contributed by atoms with Crippen LogP contribution in [-0.4, -0.2) is 32.4 Å². The minimum Gasteiger partial charge on any atom is -0.398 e. The Morgan fingerprint density at radius 1 is 1.08 bits per heavy atom. The first-order chi connectivity index (χ1) is 12.1. The zero-order chi connectivity index (χ0) is 17.4. The normalized spacial score (nSPS) is 21.7. The van der Waals surface area contributed by atoms with Crippen molar-refractivity contribution in [2.24, 2.45) is 11.8 Å². The standard InChI is InChI=1S/C20H25N5/c1-14-9-15(2)11-24(10-14)13-18-20(16-5-7-22-8-6-16)23-19-4-3-17(21)12-25(18)19/h3-8,12,14-15H,9-11,13,21H2,1-2H3. The number of nitrogen functional groups attached to an aromatic ring is 1. The summed E-state index contributed by atoms with van der Waals surface area (Å²) in [6, 6.07) is 7.95. The summed E-state index contributed by atoms with van der Waals surface area (Å²) in [6.45, 7) is 7.85. The van der Waals surface area contributed by atoms with Crippen molar-refractivity contribution in [1.29, 1.82) is 0 Å². The number of rotatable bonds is 3. The van der Waals surface area contributed by atoms with Gasteiger partial charge in [0.1, 0.15) is 5.65 Å². The summed E-state index contributed by atoms with van der Waals surface area (Å²) in [5.41, 5.74) is 11.1. The van der Waals surface area contributed by atoms with Crippen molar-refractivity contribution in [3.05, 3.63) is 48.5 Å². The van der Waals surface area contributed by atoms with E-state index in [1.54, 1.807) is 0 Å². The van der Waals surface area contributed by atoms with E-state index in [4.69, 9.17) is 10.7 Å². The van der Waals surface area contributed by atoms with E-state index in [0.717, 1.165) is 54.1 Å². The second-order valence-electron chi connectivity index (χ2n) is 7.47. The van der Waals surface area contributed by atoms with Crippen molar-refractivity contribution in [2.45, 2.75) is 26.8 Å². The van der Waals surface area contributed by atoms with Crippen LogP contribution in [0.4, 0.5) is 5.69 Å². The van der Waals surface area contributed by atoms with Crippen molar-refractivity contribution < 1.29 is 0 Å². The van der Waals surface area contributed by atoms with Gasteiger partial charge in [-0.3, -0.25) is 9.88 Å². The van der Waals surface area contributed by atoms with Crippen LogP contribution in [0.2, 0.25) is 0 Å². The Balaban J connectivity index is 1.78. The van der Waals surface area contributed by atoms with Gasteiger partial charge in [0.15, 0.2) is 0 Å². The van der Waals surface area contributed by atoms with Gasteiger partial charge in [0, 0.05) is 49.5 Å². The first-order valence-electron chi connectivity index (χ1n) is 8.99. The third-order valence-electron chi connectivity index (χ3n) is 5.01. The van der Waals surface area contributed by atoms with E-state index >= 15 is 0 Å². The Morgan fingerprint density at radius 2 is 1.80 bits per heavy atom. The largest absolute Gasteiger partial charge is 0.398 e. The molecule has 0 aliphatic carbocycles. The molecule has 0 amide bonds. The maximum absolute atomic E-state index is 6.05. The van der Waals surface area contributed by atoms with Gasteiger partial charge in [-0.2, -0.15) is 0 Å².